The predicted molar refractivity (Wildman–Crippen MR) is 68.8 cm³/mol. The second-order valence-corrected chi connectivity index (χ2v) is 4.79. The first kappa shape index (κ1) is 12.5. The quantitative estimate of drug-likeness (QED) is 0.890. The number of primary amides is 1. The van der Waals surface area contributed by atoms with Gasteiger partial charge in [0.05, 0.1) is 0 Å². The minimum absolute atomic E-state index is 0.361. The van der Waals surface area contributed by atoms with Crippen LogP contribution in [0.2, 0.25) is 0 Å². The third-order valence-corrected chi connectivity index (χ3v) is 3.18. The molecule has 1 amide bonds. The highest BCUT2D eigenvalue weighted by Gasteiger charge is 2.20. The average molecular weight is 265 g/mol. The summed E-state index contributed by atoms with van der Waals surface area (Å²) in [6.07, 6.45) is 1.59. The van der Waals surface area contributed by atoms with Crippen molar-refractivity contribution in [2.24, 2.45) is 5.73 Å². The van der Waals surface area contributed by atoms with Crippen LogP contribution < -0.4 is 11.1 Å². The first-order chi connectivity index (χ1) is 8.56. The van der Waals surface area contributed by atoms with Crippen LogP contribution in [0.1, 0.15) is 16.6 Å². The molecule has 0 saturated heterocycles. The number of nitrogens with two attached hydrogens (primary N) is 1. The van der Waals surface area contributed by atoms with Crippen molar-refractivity contribution in [3.05, 3.63) is 46.2 Å². The Hall–Kier alpha value is -1.95. The summed E-state index contributed by atoms with van der Waals surface area (Å²) in [5, 5.41) is 5.21. The van der Waals surface area contributed by atoms with Crippen molar-refractivity contribution in [3.8, 4) is 0 Å². The highest BCUT2D eigenvalue weighted by Crippen LogP contribution is 2.22. The van der Waals surface area contributed by atoms with Gasteiger partial charge in [-0.25, -0.2) is 9.37 Å². The van der Waals surface area contributed by atoms with Crippen LogP contribution in [0.15, 0.2) is 29.8 Å². The number of carbonyl (C=O) groups excluding carboxylic acids is 1. The zero-order valence-electron chi connectivity index (χ0n) is 9.68. The van der Waals surface area contributed by atoms with Crippen molar-refractivity contribution < 1.29 is 9.18 Å². The SMILES string of the molecule is Cc1cc(F)cc(NC(C(N)=O)c2nccs2)c1. The summed E-state index contributed by atoms with van der Waals surface area (Å²) in [5.41, 5.74) is 6.59. The van der Waals surface area contributed by atoms with Gasteiger partial charge in [0.2, 0.25) is 5.91 Å². The number of rotatable bonds is 4. The Morgan fingerprint density at radius 1 is 1.50 bits per heavy atom. The van der Waals surface area contributed by atoms with Gasteiger partial charge in [-0.3, -0.25) is 4.79 Å². The molecule has 0 aliphatic rings. The Labute approximate surface area is 108 Å². The monoisotopic (exact) mass is 265 g/mol. The summed E-state index contributed by atoms with van der Waals surface area (Å²) in [4.78, 5) is 15.4. The van der Waals surface area contributed by atoms with Gasteiger partial charge in [-0.1, -0.05) is 0 Å². The lowest BCUT2D eigenvalue weighted by Gasteiger charge is -2.14. The van der Waals surface area contributed by atoms with Crippen LogP contribution >= 0.6 is 11.3 Å². The van der Waals surface area contributed by atoms with E-state index in [0.717, 1.165) is 5.56 Å². The Morgan fingerprint density at radius 2 is 2.28 bits per heavy atom. The highest BCUT2D eigenvalue weighted by molar-refractivity contribution is 7.09. The van der Waals surface area contributed by atoms with E-state index in [1.54, 1.807) is 24.6 Å². The van der Waals surface area contributed by atoms with Gasteiger partial charge in [0.1, 0.15) is 10.8 Å². The van der Waals surface area contributed by atoms with Gasteiger partial charge in [-0.15, -0.1) is 11.3 Å². The van der Waals surface area contributed by atoms with E-state index in [1.165, 1.54) is 23.5 Å². The van der Waals surface area contributed by atoms with E-state index < -0.39 is 11.9 Å². The summed E-state index contributed by atoms with van der Waals surface area (Å²) < 4.78 is 13.3. The van der Waals surface area contributed by atoms with Crippen molar-refractivity contribution in [2.75, 3.05) is 5.32 Å². The summed E-state index contributed by atoms with van der Waals surface area (Å²) in [6, 6.07) is 3.73. The molecule has 0 saturated carbocycles. The maximum Gasteiger partial charge on any atom is 0.247 e. The number of anilines is 1. The molecule has 0 aliphatic carbocycles. The number of nitrogens with one attached hydrogen (secondary N) is 1. The van der Waals surface area contributed by atoms with Gasteiger partial charge in [0.15, 0.2) is 6.04 Å². The second kappa shape index (κ2) is 5.14. The van der Waals surface area contributed by atoms with Crippen LogP contribution in [-0.4, -0.2) is 10.9 Å². The average Bonchev–Trinajstić information content (AvgIpc) is 2.77. The van der Waals surface area contributed by atoms with Crippen molar-refractivity contribution in [1.29, 1.82) is 0 Å². The number of aromatic nitrogens is 1. The molecule has 1 aromatic heterocycles. The number of carbonyl (C=O) groups is 1. The normalized spacial score (nSPS) is 12.1. The third-order valence-electron chi connectivity index (χ3n) is 2.34. The lowest BCUT2D eigenvalue weighted by atomic mass is 10.2. The van der Waals surface area contributed by atoms with Crippen LogP contribution in [0, 0.1) is 12.7 Å². The molecule has 3 N–H and O–H groups in total. The summed E-state index contributed by atoms with van der Waals surface area (Å²) >= 11 is 1.32. The fourth-order valence-electron chi connectivity index (χ4n) is 1.62. The molecule has 1 atom stereocenters. The fraction of sp³-hybridized carbons (Fsp3) is 0.167. The first-order valence-corrected chi connectivity index (χ1v) is 6.16. The molecule has 2 rings (SSSR count). The van der Waals surface area contributed by atoms with Crippen molar-refractivity contribution in [2.45, 2.75) is 13.0 Å². The molecule has 0 bridgehead atoms. The number of aryl methyl sites for hydroxylation is 1. The number of thiazole rings is 1. The molecule has 1 aromatic carbocycles. The minimum Gasteiger partial charge on any atom is -0.368 e. The van der Waals surface area contributed by atoms with E-state index in [2.05, 4.69) is 10.3 Å². The largest absolute Gasteiger partial charge is 0.368 e. The lowest BCUT2D eigenvalue weighted by molar-refractivity contribution is -0.118. The van der Waals surface area contributed by atoms with E-state index in [-0.39, 0.29) is 5.82 Å². The Kier molecular flexibility index (Phi) is 3.57. The topological polar surface area (TPSA) is 68.0 Å². The van der Waals surface area contributed by atoms with Gasteiger partial charge in [0.25, 0.3) is 0 Å². The number of hydrogen-bond acceptors (Lipinski definition) is 4. The maximum absolute atomic E-state index is 13.3. The summed E-state index contributed by atoms with van der Waals surface area (Å²) in [7, 11) is 0. The summed E-state index contributed by atoms with van der Waals surface area (Å²) in [5.74, 6) is -0.910. The summed E-state index contributed by atoms with van der Waals surface area (Å²) in [6.45, 7) is 1.77. The van der Waals surface area contributed by atoms with Gasteiger partial charge < -0.3 is 11.1 Å². The molecule has 1 heterocycles. The van der Waals surface area contributed by atoms with E-state index in [1.807, 2.05) is 0 Å². The fourth-order valence-corrected chi connectivity index (χ4v) is 2.31. The molecular formula is C12H12FN3OS. The van der Waals surface area contributed by atoms with Gasteiger partial charge in [-0.2, -0.15) is 0 Å². The molecule has 0 radical (unpaired) electrons. The smallest absolute Gasteiger partial charge is 0.247 e. The number of hydrogen-bond donors (Lipinski definition) is 2. The van der Waals surface area contributed by atoms with Gasteiger partial charge in [-0.05, 0) is 30.7 Å². The van der Waals surface area contributed by atoms with Crippen molar-refractivity contribution in [3.63, 3.8) is 0 Å². The van der Waals surface area contributed by atoms with E-state index in [9.17, 15) is 9.18 Å². The standard InChI is InChI=1S/C12H12FN3OS/c1-7-4-8(13)6-9(5-7)16-10(11(14)17)12-15-2-3-18-12/h2-6,10,16H,1H3,(H2,14,17). The number of amides is 1. The molecular weight excluding hydrogens is 253 g/mol. The first-order valence-electron chi connectivity index (χ1n) is 5.28. The molecule has 0 fully saturated rings. The van der Waals surface area contributed by atoms with Crippen molar-refractivity contribution >= 4 is 22.9 Å². The third kappa shape index (κ3) is 2.84. The van der Waals surface area contributed by atoms with Gasteiger partial charge in [0, 0.05) is 17.3 Å². The van der Waals surface area contributed by atoms with Crippen LogP contribution in [-0.2, 0) is 4.79 Å². The Balaban J connectivity index is 2.27. The Bertz CT molecular complexity index is 536. The molecule has 94 valence electrons. The molecule has 2 aromatic rings. The molecule has 1 unspecified atom stereocenters. The van der Waals surface area contributed by atoms with E-state index >= 15 is 0 Å². The zero-order valence-corrected chi connectivity index (χ0v) is 10.5. The Morgan fingerprint density at radius 3 is 2.83 bits per heavy atom. The highest BCUT2D eigenvalue weighted by atomic mass is 32.1. The number of benzene rings is 1. The minimum atomic E-state index is -0.744. The molecule has 0 spiro atoms. The molecule has 18 heavy (non-hydrogen) atoms. The van der Waals surface area contributed by atoms with Crippen LogP contribution in [0.5, 0.6) is 0 Å². The van der Waals surface area contributed by atoms with Crippen LogP contribution in [0.4, 0.5) is 10.1 Å². The van der Waals surface area contributed by atoms with E-state index in [0.29, 0.717) is 10.7 Å². The molecule has 6 heteroatoms. The zero-order chi connectivity index (χ0) is 13.1. The molecule has 0 aliphatic heterocycles. The van der Waals surface area contributed by atoms with Gasteiger partial charge >= 0.3 is 0 Å². The maximum atomic E-state index is 13.3. The van der Waals surface area contributed by atoms with Crippen molar-refractivity contribution in [1.82, 2.24) is 4.98 Å². The predicted octanol–water partition coefficient (Wildman–Crippen LogP) is 2.23. The lowest BCUT2D eigenvalue weighted by Crippen LogP contribution is -2.27. The number of halogens is 1. The van der Waals surface area contributed by atoms with Crippen LogP contribution in [0.3, 0.4) is 0 Å². The number of nitrogens with zero attached hydrogens (tertiary/aromatic N) is 1. The van der Waals surface area contributed by atoms with Crippen LogP contribution in [0.25, 0.3) is 0 Å². The van der Waals surface area contributed by atoms with E-state index in [4.69, 9.17) is 5.73 Å². The second-order valence-electron chi connectivity index (χ2n) is 3.87. The molecule has 4 nitrogen and oxygen atoms in total.